The topological polar surface area (TPSA) is 109 Å². The number of thiocarbonyl (C=S) groups is 1. The number of hydrazone groups is 1. The Morgan fingerprint density at radius 1 is 1.27 bits per heavy atom. The second kappa shape index (κ2) is 7.51. The molecule has 2 aromatic rings. The maximum absolute atomic E-state index is 12.1. The van der Waals surface area contributed by atoms with Gasteiger partial charge < -0.3 is 9.84 Å². The minimum Gasteiger partial charge on any atom is -0.508 e. The summed E-state index contributed by atoms with van der Waals surface area (Å²) in [7, 11) is 0. The molecule has 1 aliphatic rings. The lowest BCUT2D eigenvalue weighted by molar-refractivity contribution is 0.0326. The average Bonchev–Trinajstić information content (AvgIpc) is 3.00. The first-order chi connectivity index (χ1) is 12.5. The van der Waals surface area contributed by atoms with E-state index < -0.39 is 6.10 Å². The van der Waals surface area contributed by atoms with E-state index in [1.165, 1.54) is 0 Å². The molecule has 0 radical (unpaired) electrons. The van der Waals surface area contributed by atoms with Crippen LogP contribution in [0.4, 0.5) is 0 Å². The monoisotopic (exact) mass is 370 g/mol. The van der Waals surface area contributed by atoms with Gasteiger partial charge in [-0.05, 0) is 48.1 Å². The molecule has 2 aromatic carbocycles. The number of nitrogens with one attached hydrogen (secondary N) is 2. The van der Waals surface area contributed by atoms with Crippen molar-refractivity contribution in [1.82, 2.24) is 10.9 Å². The SMILES string of the molecule is C[C@@H](/C(=N\NC(=S)NN)c1ccc(O)cc1)[C@@H]1OC(=O)c2ccccc21. The molecule has 0 bridgehead atoms. The zero-order valence-electron chi connectivity index (χ0n) is 14.0. The van der Waals surface area contributed by atoms with Crippen molar-refractivity contribution in [2.45, 2.75) is 13.0 Å². The summed E-state index contributed by atoms with van der Waals surface area (Å²) >= 11 is 4.97. The number of rotatable bonds is 4. The van der Waals surface area contributed by atoms with Gasteiger partial charge in [0.2, 0.25) is 5.11 Å². The summed E-state index contributed by atoms with van der Waals surface area (Å²) in [6, 6.07) is 13.9. The standard InChI is InChI=1S/C18H18N4O3S/c1-10(16-13-4-2-3-5-14(13)17(24)25-16)15(21-22-18(26)20-19)11-6-8-12(23)9-7-11/h2-10,16,23H,19H2,1H3,(H2,20,22,26)/b21-15+/t10-,16-/m0/s1. The largest absolute Gasteiger partial charge is 0.508 e. The maximum Gasteiger partial charge on any atom is 0.339 e. The van der Waals surface area contributed by atoms with Crippen molar-refractivity contribution in [3.05, 3.63) is 65.2 Å². The predicted molar refractivity (Wildman–Crippen MR) is 101 cm³/mol. The molecule has 3 rings (SSSR count). The Kier molecular flexibility index (Phi) is 5.15. The first-order valence-corrected chi connectivity index (χ1v) is 8.35. The molecule has 8 heteroatoms. The fraction of sp³-hybridized carbons (Fsp3) is 0.167. The minimum absolute atomic E-state index is 0.144. The minimum atomic E-state index is -0.479. The third-order valence-corrected chi connectivity index (χ3v) is 4.39. The number of carbonyl (C=O) groups excluding carboxylic acids is 1. The number of esters is 1. The molecule has 0 spiro atoms. The summed E-state index contributed by atoms with van der Waals surface area (Å²) in [5.41, 5.74) is 7.70. The molecule has 0 saturated heterocycles. The zero-order chi connectivity index (χ0) is 18.7. The molecule has 2 atom stereocenters. The highest BCUT2D eigenvalue weighted by atomic mass is 32.1. The lowest BCUT2D eigenvalue weighted by atomic mass is 9.89. The summed E-state index contributed by atoms with van der Waals surface area (Å²) in [5, 5.41) is 14.0. The van der Waals surface area contributed by atoms with E-state index in [9.17, 15) is 9.90 Å². The van der Waals surface area contributed by atoms with E-state index in [1.54, 1.807) is 36.4 Å². The van der Waals surface area contributed by atoms with Crippen LogP contribution < -0.4 is 16.7 Å². The molecule has 0 aliphatic carbocycles. The van der Waals surface area contributed by atoms with E-state index in [0.29, 0.717) is 11.3 Å². The summed E-state index contributed by atoms with van der Waals surface area (Å²) in [6.45, 7) is 1.91. The fourth-order valence-corrected chi connectivity index (χ4v) is 2.94. The Morgan fingerprint density at radius 3 is 2.65 bits per heavy atom. The molecule has 1 heterocycles. The van der Waals surface area contributed by atoms with Gasteiger partial charge in [0, 0.05) is 11.5 Å². The van der Waals surface area contributed by atoms with Gasteiger partial charge in [0.25, 0.3) is 0 Å². The number of nitrogens with zero attached hydrogens (tertiary/aromatic N) is 1. The third-order valence-electron chi connectivity index (χ3n) is 4.18. The van der Waals surface area contributed by atoms with Gasteiger partial charge in [0.15, 0.2) is 0 Å². The average molecular weight is 370 g/mol. The van der Waals surface area contributed by atoms with Crippen LogP contribution in [0.3, 0.4) is 0 Å². The number of fused-ring (bicyclic) bond motifs is 1. The Hall–Kier alpha value is -2.97. The number of nitrogens with two attached hydrogens (primary N) is 1. The first-order valence-electron chi connectivity index (χ1n) is 7.94. The van der Waals surface area contributed by atoms with Crippen molar-refractivity contribution >= 4 is 29.0 Å². The van der Waals surface area contributed by atoms with Gasteiger partial charge >= 0.3 is 5.97 Å². The van der Waals surface area contributed by atoms with Crippen LogP contribution in [0.25, 0.3) is 0 Å². The van der Waals surface area contributed by atoms with Crippen LogP contribution in [0.5, 0.6) is 5.75 Å². The van der Waals surface area contributed by atoms with Crippen molar-refractivity contribution in [3.63, 3.8) is 0 Å². The Bertz CT molecular complexity index is 867. The van der Waals surface area contributed by atoms with Gasteiger partial charge in [-0.3, -0.25) is 10.9 Å². The smallest absolute Gasteiger partial charge is 0.339 e. The van der Waals surface area contributed by atoms with E-state index in [2.05, 4.69) is 16.0 Å². The quantitative estimate of drug-likeness (QED) is 0.214. The molecule has 0 saturated carbocycles. The number of carbonyl (C=O) groups is 1. The van der Waals surface area contributed by atoms with E-state index in [1.807, 2.05) is 19.1 Å². The fourth-order valence-electron chi connectivity index (χ4n) is 2.89. The molecule has 26 heavy (non-hydrogen) atoms. The number of cyclic esters (lactones) is 1. The van der Waals surface area contributed by atoms with Gasteiger partial charge in [0.1, 0.15) is 11.9 Å². The molecule has 134 valence electrons. The van der Waals surface area contributed by atoms with Crippen LogP contribution >= 0.6 is 12.2 Å². The van der Waals surface area contributed by atoms with Crippen molar-refractivity contribution in [2.75, 3.05) is 0 Å². The third kappa shape index (κ3) is 3.51. The summed E-state index contributed by atoms with van der Waals surface area (Å²) < 4.78 is 5.58. The maximum atomic E-state index is 12.1. The second-order valence-corrected chi connectivity index (χ2v) is 6.24. The highest BCUT2D eigenvalue weighted by Crippen LogP contribution is 2.37. The van der Waals surface area contributed by atoms with E-state index in [0.717, 1.165) is 11.1 Å². The van der Waals surface area contributed by atoms with Crippen LogP contribution in [-0.4, -0.2) is 21.9 Å². The number of hydrogen-bond acceptors (Lipinski definition) is 6. The molecule has 0 amide bonds. The molecule has 5 N–H and O–H groups in total. The van der Waals surface area contributed by atoms with Crippen molar-refractivity contribution < 1.29 is 14.6 Å². The lowest BCUT2D eigenvalue weighted by Gasteiger charge is -2.21. The molecular weight excluding hydrogens is 352 g/mol. The molecule has 0 fully saturated rings. The van der Waals surface area contributed by atoms with Gasteiger partial charge in [-0.25, -0.2) is 10.6 Å². The number of benzene rings is 2. The Labute approximate surface area is 155 Å². The van der Waals surface area contributed by atoms with E-state index >= 15 is 0 Å². The van der Waals surface area contributed by atoms with Crippen LogP contribution in [-0.2, 0) is 4.74 Å². The van der Waals surface area contributed by atoms with Crippen LogP contribution in [0.1, 0.15) is 34.5 Å². The van der Waals surface area contributed by atoms with Gasteiger partial charge in [-0.1, -0.05) is 25.1 Å². The molecule has 0 unspecified atom stereocenters. The summed E-state index contributed by atoms with van der Waals surface area (Å²) in [4.78, 5) is 12.1. The number of phenols is 1. The zero-order valence-corrected chi connectivity index (χ0v) is 14.8. The highest BCUT2D eigenvalue weighted by molar-refractivity contribution is 7.80. The number of hydrogen-bond donors (Lipinski definition) is 4. The lowest BCUT2D eigenvalue weighted by Crippen LogP contribution is -2.38. The van der Waals surface area contributed by atoms with E-state index in [-0.39, 0.29) is 22.7 Å². The molecule has 1 aliphatic heterocycles. The summed E-state index contributed by atoms with van der Waals surface area (Å²) in [5.74, 6) is 4.79. The van der Waals surface area contributed by atoms with Gasteiger partial charge in [-0.15, -0.1) is 0 Å². The van der Waals surface area contributed by atoms with Crippen LogP contribution in [0.2, 0.25) is 0 Å². The van der Waals surface area contributed by atoms with Gasteiger partial charge in [-0.2, -0.15) is 5.10 Å². The van der Waals surface area contributed by atoms with Crippen molar-refractivity contribution in [2.24, 2.45) is 16.9 Å². The van der Waals surface area contributed by atoms with Crippen molar-refractivity contribution in [1.29, 1.82) is 0 Å². The van der Waals surface area contributed by atoms with Gasteiger partial charge in [0.05, 0.1) is 11.3 Å². The van der Waals surface area contributed by atoms with Crippen LogP contribution in [0, 0.1) is 5.92 Å². The molecule has 7 nitrogen and oxygen atoms in total. The second-order valence-electron chi connectivity index (χ2n) is 5.83. The number of ether oxygens (including phenoxy) is 1. The normalized spacial score (nSPS) is 17.2. The van der Waals surface area contributed by atoms with Crippen LogP contribution in [0.15, 0.2) is 53.6 Å². The predicted octanol–water partition coefficient (Wildman–Crippen LogP) is 1.98. The molecular formula is C18H18N4O3S. The number of aromatic hydroxyl groups is 1. The Balaban J connectivity index is 1.98. The Morgan fingerprint density at radius 2 is 1.96 bits per heavy atom. The summed E-state index contributed by atoms with van der Waals surface area (Å²) in [6.07, 6.45) is -0.479. The number of hydrazine groups is 1. The number of phenolic OH excluding ortho intramolecular Hbond substituents is 1. The van der Waals surface area contributed by atoms with Crippen molar-refractivity contribution in [3.8, 4) is 5.75 Å². The molecule has 0 aromatic heterocycles. The highest BCUT2D eigenvalue weighted by Gasteiger charge is 2.37. The van der Waals surface area contributed by atoms with E-state index in [4.69, 9.17) is 22.8 Å². The first kappa shape index (κ1) is 17.8.